The lowest BCUT2D eigenvalue weighted by atomic mass is 10.00. The average Bonchev–Trinajstić information content (AvgIpc) is 3.13. The Morgan fingerprint density at radius 2 is 1.83 bits per heavy atom. The number of amides is 4. The van der Waals surface area contributed by atoms with Gasteiger partial charge in [-0.3, -0.25) is 14.5 Å². The molecule has 0 aromatic heterocycles. The Morgan fingerprint density at radius 1 is 1.07 bits per heavy atom. The maximum atomic E-state index is 14.4. The number of anilines is 1. The zero-order chi connectivity index (χ0) is 20.5. The van der Waals surface area contributed by atoms with Crippen molar-refractivity contribution in [2.45, 2.75) is 13.0 Å². The standard InChI is InChI=1S/C21H21FN4O3/c1-13-12-14(6-7-17(13)25-10-9-24-21(25)29)20(28)26-11-8-23-19(27)18(26)15-4-2-3-5-16(15)22/h2-7,12,18H,8-11H2,1H3,(H,23,27)(H,24,29). The number of hydrogen-bond donors (Lipinski definition) is 2. The van der Waals surface area contributed by atoms with Crippen LogP contribution in [0.1, 0.15) is 27.5 Å². The number of carbonyl (C=O) groups excluding carboxylic acids is 3. The lowest BCUT2D eigenvalue weighted by Gasteiger charge is -2.35. The first-order chi connectivity index (χ1) is 14.0. The molecule has 0 aliphatic carbocycles. The van der Waals surface area contributed by atoms with E-state index in [-0.39, 0.29) is 24.0 Å². The van der Waals surface area contributed by atoms with E-state index in [4.69, 9.17) is 0 Å². The molecule has 4 rings (SSSR count). The second-order valence-corrected chi connectivity index (χ2v) is 7.10. The minimum atomic E-state index is -1.03. The molecule has 2 saturated heterocycles. The summed E-state index contributed by atoms with van der Waals surface area (Å²) in [6, 6.07) is 9.86. The molecule has 1 atom stereocenters. The van der Waals surface area contributed by atoms with Crippen LogP contribution in [0.3, 0.4) is 0 Å². The van der Waals surface area contributed by atoms with E-state index in [1.165, 1.54) is 17.0 Å². The molecule has 0 spiro atoms. The van der Waals surface area contributed by atoms with Gasteiger partial charge in [-0.15, -0.1) is 0 Å². The topological polar surface area (TPSA) is 81.8 Å². The van der Waals surface area contributed by atoms with Crippen LogP contribution in [0.5, 0.6) is 0 Å². The molecule has 0 bridgehead atoms. The van der Waals surface area contributed by atoms with Gasteiger partial charge >= 0.3 is 6.03 Å². The summed E-state index contributed by atoms with van der Waals surface area (Å²) < 4.78 is 14.4. The third-order valence-electron chi connectivity index (χ3n) is 5.26. The second kappa shape index (κ2) is 7.54. The van der Waals surface area contributed by atoms with E-state index in [0.717, 1.165) is 11.3 Å². The quantitative estimate of drug-likeness (QED) is 0.832. The fourth-order valence-corrected chi connectivity index (χ4v) is 3.85. The van der Waals surface area contributed by atoms with Gasteiger partial charge in [0.2, 0.25) is 5.91 Å². The van der Waals surface area contributed by atoms with Crippen LogP contribution in [0.4, 0.5) is 14.9 Å². The first kappa shape index (κ1) is 18.9. The summed E-state index contributed by atoms with van der Waals surface area (Å²) in [5.74, 6) is -1.29. The molecule has 8 heteroatoms. The van der Waals surface area contributed by atoms with E-state index >= 15 is 0 Å². The van der Waals surface area contributed by atoms with Gasteiger partial charge in [0.25, 0.3) is 5.91 Å². The van der Waals surface area contributed by atoms with Crippen LogP contribution < -0.4 is 15.5 Å². The zero-order valence-corrected chi connectivity index (χ0v) is 15.9. The molecule has 2 aliphatic heterocycles. The van der Waals surface area contributed by atoms with Gasteiger partial charge in [-0.25, -0.2) is 9.18 Å². The Labute approximate surface area is 167 Å². The number of urea groups is 1. The minimum absolute atomic E-state index is 0.167. The first-order valence-corrected chi connectivity index (χ1v) is 9.46. The van der Waals surface area contributed by atoms with Crippen LogP contribution in [-0.2, 0) is 4.79 Å². The van der Waals surface area contributed by atoms with Crippen molar-refractivity contribution in [2.24, 2.45) is 0 Å². The molecule has 29 heavy (non-hydrogen) atoms. The van der Waals surface area contributed by atoms with Crippen LogP contribution >= 0.6 is 0 Å². The normalized spacial score (nSPS) is 19.2. The summed E-state index contributed by atoms with van der Waals surface area (Å²) >= 11 is 0. The monoisotopic (exact) mass is 396 g/mol. The molecule has 0 saturated carbocycles. The Hall–Kier alpha value is -3.42. The zero-order valence-electron chi connectivity index (χ0n) is 15.9. The molecule has 2 N–H and O–H groups in total. The summed E-state index contributed by atoms with van der Waals surface area (Å²) in [6.45, 7) is 3.55. The highest BCUT2D eigenvalue weighted by molar-refractivity contribution is 6.00. The summed E-state index contributed by atoms with van der Waals surface area (Å²) in [5.41, 5.74) is 2.07. The number of piperazine rings is 1. The fraction of sp³-hybridized carbons (Fsp3) is 0.286. The third kappa shape index (κ3) is 3.41. The SMILES string of the molecule is Cc1cc(C(=O)N2CCNC(=O)C2c2ccccc2F)ccc1N1CCNC1=O. The van der Waals surface area contributed by atoms with Crippen LogP contribution in [0, 0.1) is 12.7 Å². The number of nitrogens with zero attached hydrogens (tertiary/aromatic N) is 2. The van der Waals surface area contributed by atoms with Crippen molar-refractivity contribution in [3.8, 4) is 0 Å². The first-order valence-electron chi connectivity index (χ1n) is 9.46. The van der Waals surface area contributed by atoms with Crippen molar-refractivity contribution in [1.29, 1.82) is 0 Å². The van der Waals surface area contributed by atoms with E-state index in [1.807, 2.05) is 6.92 Å². The van der Waals surface area contributed by atoms with E-state index in [2.05, 4.69) is 10.6 Å². The molecule has 2 heterocycles. The second-order valence-electron chi connectivity index (χ2n) is 7.10. The predicted molar refractivity (Wildman–Crippen MR) is 105 cm³/mol. The number of halogens is 1. The summed E-state index contributed by atoms with van der Waals surface area (Å²) in [5, 5.41) is 5.46. The molecule has 2 fully saturated rings. The van der Waals surface area contributed by atoms with E-state index < -0.39 is 17.8 Å². The van der Waals surface area contributed by atoms with Gasteiger partial charge in [-0.1, -0.05) is 18.2 Å². The molecule has 150 valence electrons. The number of nitrogens with one attached hydrogen (secondary N) is 2. The van der Waals surface area contributed by atoms with Gasteiger partial charge in [0.1, 0.15) is 11.9 Å². The Balaban J connectivity index is 1.65. The van der Waals surface area contributed by atoms with Gasteiger partial charge in [0.05, 0.1) is 0 Å². The number of benzene rings is 2. The maximum absolute atomic E-state index is 14.4. The third-order valence-corrected chi connectivity index (χ3v) is 5.26. The number of hydrogen-bond acceptors (Lipinski definition) is 3. The maximum Gasteiger partial charge on any atom is 0.322 e. The van der Waals surface area contributed by atoms with Gasteiger partial charge in [0.15, 0.2) is 0 Å². The Morgan fingerprint density at radius 3 is 2.52 bits per heavy atom. The summed E-state index contributed by atoms with van der Waals surface area (Å²) in [4.78, 5) is 40.7. The lowest BCUT2D eigenvalue weighted by Crippen LogP contribution is -2.52. The lowest BCUT2D eigenvalue weighted by molar-refractivity contribution is -0.128. The highest BCUT2D eigenvalue weighted by atomic mass is 19.1. The highest BCUT2D eigenvalue weighted by Crippen LogP contribution is 2.29. The van der Waals surface area contributed by atoms with Crippen molar-refractivity contribution in [1.82, 2.24) is 15.5 Å². The predicted octanol–water partition coefficient (Wildman–Crippen LogP) is 1.98. The van der Waals surface area contributed by atoms with Crippen molar-refractivity contribution >= 4 is 23.5 Å². The van der Waals surface area contributed by atoms with Gasteiger partial charge in [-0.2, -0.15) is 0 Å². The fourth-order valence-electron chi connectivity index (χ4n) is 3.85. The van der Waals surface area contributed by atoms with E-state index in [0.29, 0.717) is 25.2 Å². The number of aryl methyl sites for hydroxylation is 1. The van der Waals surface area contributed by atoms with Gasteiger partial charge in [0, 0.05) is 43.0 Å². The molecule has 2 aromatic rings. The van der Waals surface area contributed by atoms with E-state index in [1.54, 1.807) is 35.2 Å². The number of rotatable bonds is 3. The number of carbonyl (C=O) groups is 3. The van der Waals surface area contributed by atoms with E-state index in [9.17, 15) is 18.8 Å². The van der Waals surface area contributed by atoms with Crippen molar-refractivity contribution in [3.05, 3.63) is 65.0 Å². The molecular weight excluding hydrogens is 375 g/mol. The molecule has 7 nitrogen and oxygen atoms in total. The van der Waals surface area contributed by atoms with Crippen LogP contribution in [-0.4, -0.2) is 48.9 Å². The molecule has 0 radical (unpaired) electrons. The van der Waals surface area contributed by atoms with Crippen molar-refractivity contribution in [2.75, 3.05) is 31.1 Å². The average molecular weight is 396 g/mol. The van der Waals surface area contributed by atoms with Crippen LogP contribution in [0.25, 0.3) is 0 Å². The Kier molecular flexibility index (Phi) is 4.92. The highest BCUT2D eigenvalue weighted by Gasteiger charge is 2.36. The molecular formula is C21H21FN4O3. The minimum Gasteiger partial charge on any atom is -0.352 e. The van der Waals surface area contributed by atoms with Gasteiger partial charge < -0.3 is 15.5 Å². The van der Waals surface area contributed by atoms with Crippen LogP contribution in [0.15, 0.2) is 42.5 Å². The summed E-state index contributed by atoms with van der Waals surface area (Å²) in [6.07, 6.45) is 0. The van der Waals surface area contributed by atoms with Gasteiger partial charge in [-0.05, 0) is 36.8 Å². The summed E-state index contributed by atoms with van der Waals surface area (Å²) in [7, 11) is 0. The largest absolute Gasteiger partial charge is 0.352 e. The van der Waals surface area contributed by atoms with Crippen LogP contribution in [0.2, 0.25) is 0 Å². The smallest absolute Gasteiger partial charge is 0.322 e. The Bertz CT molecular complexity index is 994. The molecule has 2 aromatic carbocycles. The molecule has 1 unspecified atom stereocenters. The molecule has 2 aliphatic rings. The van der Waals surface area contributed by atoms with Crippen molar-refractivity contribution in [3.63, 3.8) is 0 Å². The van der Waals surface area contributed by atoms with Crippen molar-refractivity contribution < 1.29 is 18.8 Å². The molecule has 4 amide bonds.